The van der Waals surface area contributed by atoms with Crippen LogP contribution in [0.2, 0.25) is 0 Å². The first-order valence-electron chi connectivity index (χ1n) is 11.2. The number of carbonyl (C=O) groups is 2. The Morgan fingerprint density at radius 3 is 2.37 bits per heavy atom. The van der Waals surface area contributed by atoms with E-state index in [0.29, 0.717) is 5.75 Å². The van der Waals surface area contributed by atoms with Gasteiger partial charge in [-0.05, 0) is 31.9 Å². The van der Waals surface area contributed by atoms with Crippen LogP contribution in [0.4, 0.5) is 0 Å². The van der Waals surface area contributed by atoms with Gasteiger partial charge in [-0.3, -0.25) is 14.6 Å². The van der Waals surface area contributed by atoms with Crippen molar-refractivity contribution in [2.45, 2.75) is 37.7 Å². The molecule has 0 fully saturated rings. The minimum atomic E-state index is -3.87. The molecule has 2 atom stereocenters. The molecule has 1 aromatic heterocycles. The predicted molar refractivity (Wildman–Crippen MR) is 133 cm³/mol. The average Bonchev–Trinajstić information content (AvgIpc) is 2.83. The highest BCUT2D eigenvalue weighted by atomic mass is 32.2. The van der Waals surface area contributed by atoms with E-state index in [1.54, 1.807) is 6.07 Å². The van der Waals surface area contributed by atoms with Crippen molar-refractivity contribution in [2.75, 3.05) is 34.3 Å². The smallest absolute Gasteiger partial charge is 0.270 e. The summed E-state index contributed by atoms with van der Waals surface area (Å²) in [6.45, 7) is 2.22. The number of amides is 2. The molecule has 2 N–H and O–H groups in total. The number of hydrogen-bond donors (Lipinski definition) is 2. The van der Waals surface area contributed by atoms with E-state index in [2.05, 4.69) is 10.3 Å². The highest BCUT2D eigenvalue weighted by Gasteiger charge is 2.33. The first kappa shape index (κ1) is 28.2. The number of pyridine rings is 1. The molecule has 10 nitrogen and oxygen atoms in total. The number of nitrogens with zero attached hydrogens (tertiary/aromatic N) is 3. The molecule has 2 amide bonds. The van der Waals surface area contributed by atoms with Gasteiger partial charge in [0.1, 0.15) is 11.4 Å². The van der Waals surface area contributed by atoms with Crippen LogP contribution >= 0.6 is 0 Å². The lowest BCUT2D eigenvalue weighted by atomic mass is 10.0. The maximum atomic E-state index is 13.0. The van der Waals surface area contributed by atoms with E-state index in [9.17, 15) is 23.1 Å². The Morgan fingerprint density at radius 1 is 1.14 bits per heavy atom. The van der Waals surface area contributed by atoms with Gasteiger partial charge in [0, 0.05) is 32.9 Å². The first-order chi connectivity index (χ1) is 16.4. The number of aliphatic hydroxyl groups is 1. The van der Waals surface area contributed by atoms with Crippen LogP contribution in [0, 0.1) is 0 Å². The summed E-state index contributed by atoms with van der Waals surface area (Å²) >= 11 is 0. The molecule has 1 heterocycles. The highest BCUT2D eigenvalue weighted by molar-refractivity contribution is 7.89. The molecular formula is C24H34N4O6S. The van der Waals surface area contributed by atoms with Crippen LogP contribution in [0.3, 0.4) is 0 Å². The van der Waals surface area contributed by atoms with E-state index in [4.69, 9.17) is 4.74 Å². The summed E-state index contributed by atoms with van der Waals surface area (Å²) in [6.07, 6.45) is 0.350. The molecule has 11 heteroatoms. The largest absolute Gasteiger partial charge is 0.497 e. The molecule has 0 bridgehead atoms. The van der Waals surface area contributed by atoms with Gasteiger partial charge in [0.15, 0.2) is 0 Å². The minimum absolute atomic E-state index is 0.0871. The van der Waals surface area contributed by atoms with Crippen LogP contribution in [0.5, 0.6) is 5.75 Å². The highest BCUT2D eigenvalue weighted by Crippen LogP contribution is 2.15. The lowest BCUT2D eigenvalue weighted by Gasteiger charge is -2.31. The molecule has 0 saturated carbocycles. The molecule has 192 valence electrons. The van der Waals surface area contributed by atoms with Crippen LogP contribution in [0.15, 0.2) is 48.7 Å². The predicted octanol–water partition coefficient (Wildman–Crippen LogP) is 0.921. The van der Waals surface area contributed by atoms with Crippen LogP contribution in [0.1, 0.15) is 29.9 Å². The molecule has 1 aromatic carbocycles. The van der Waals surface area contributed by atoms with E-state index in [1.165, 1.54) is 52.2 Å². The van der Waals surface area contributed by atoms with Gasteiger partial charge in [-0.2, -0.15) is 4.31 Å². The van der Waals surface area contributed by atoms with Crippen LogP contribution in [-0.4, -0.2) is 91.2 Å². The fourth-order valence-corrected chi connectivity index (χ4v) is 4.49. The topological polar surface area (TPSA) is 129 Å². The molecule has 0 spiro atoms. The van der Waals surface area contributed by atoms with Gasteiger partial charge in [0.05, 0.1) is 31.1 Å². The van der Waals surface area contributed by atoms with Crippen molar-refractivity contribution >= 4 is 21.8 Å². The second kappa shape index (κ2) is 12.6. The van der Waals surface area contributed by atoms with Crippen LogP contribution in [0.25, 0.3) is 0 Å². The number of ether oxygens (including phenoxy) is 1. The standard InChI is InChI=1S/C24H34N4O6S/c1-17(2)35(32,33)28(16-23(30)27(3)4)15-22(29)20(13-18-9-7-6-8-10-18)26-24(31)21-14-19(34-5)11-12-25-21/h6-12,14,17,20,22,29H,13,15-16H2,1-5H3,(H,26,31)/t20-,22+/m0/s1. The number of likely N-dealkylation sites (N-methyl/N-ethyl adjacent to an activating group) is 1. The summed E-state index contributed by atoms with van der Waals surface area (Å²) in [6, 6.07) is 11.4. The quantitative estimate of drug-likeness (QED) is 0.438. The Bertz CT molecular complexity index is 1090. The third-order valence-electron chi connectivity index (χ3n) is 5.44. The van der Waals surface area contributed by atoms with Gasteiger partial charge in [-0.25, -0.2) is 8.42 Å². The summed E-state index contributed by atoms with van der Waals surface area (Å²) in [5.74, 6) is -0.529. The number of methoxy groups -OCH3 is 1. The number of sulfonamides is 1. The number of carbonyl (C=O) groups excluding carboxylic acids is 2. The zero-order valence-electron chi connectivity index (χ0n) is 20.7. The third kappa shape index (κ3) is 8.01. The van der Waals surface area contributed by atoms with E-state index >= 15 is 0 Å². The second-order valence-electron chi connectivity index (χ2n) is 8.59. The van der Waals surface area contributed by atoms with Crippen molar-refractivity contribution in [1.29, 1.82) is 0 Å². The van der Waals surface area contributed by atoms with Crippen molar-refractivity contribution in [1.82, 2.24) is 19.5 Å². The summed E-state index contributed by atoms with van der Waals surface area (Å²) < 4.78 is 32.0. The van der Waals surface area contributed by atoms with Gasteiger partial charge in [0.25, 0.3) is 5.91 Å². The van der Waals surface area contributed by atoms with Crippen LogP contribution < -0.4 is 10.1 Å². The Kier molecular flexibility index (Phi) is 10.2. The maximum Gasteiger partial charge on any atom is 0.270 e. The normalized spacial score (nSPS) is 13.4. The Labute approximate surface area is 207 Å². The van der Waals surface area contributed by atoms with Crippen molar-refractivity contribution in [3.05, 3.63) is 59.9 Å². The summed E-state index contributed by atoms with van der Waals surface area (Å²) in [7, 11) is 0.648. The molecule has 35 heavy (non-hydrogen) atoms. The molecule has 0 unspecified atom stereocenters. The fourth-order valence-electron chi connectivity index (χ4n) is 3.24. The SMILES string of the molecule is COc1ccnc(C(=O)N[C@@H](Cc2ccccc2)[C@H](O)CN(CC(=O)N(C)C)S(=O)(=O)C(C)C)c1. The molecule has 0 aliphatic heterocycles. The summed E-state index contributed by atoms with van der Waals surface area (Å²) in [5.41, 5.74) is 0.919. The second-order valence-corrected chi connectivity index (χ2v) is 11.1. The van der Waals surface area contributed by atoms with Gasteiger partial charge in [-0.1, -0.05) is 30.3 Å². The zero-order chi connectivity index (χ0) is 26.2. The van der Waals surface area contributed by atoms with E-state index < -0.39 is 45.8 Å². The van der Waals surface area contributed by atoms with Crippen molar-refractivity contribution in [2.24, 2.45) is 0 Å². The number of nitrogens with one attached hydrogen (secondary N) is 1. The van der Waals surface area contributed by atoms with Gasteiger partial charge >= 0.3 is 0 Å². The average molecular weight is 507 g/mol. The Hall–Kier alpha value is -3.02. The van der Waals surface area contributed by atoms with Crippen molar-refractivity contribution in [3.63, 3.8) is 0 Å². The molecule has 2 aromatic rings. The van der Waals surface area contributed by atoms with E-state index in [-0.39, 0.29) is 18.7 Å². The van der Waals surface area contributed by atoms with Crippen molar-refractivity contribution < 1.29 is 27.9 Å². The van der Waals surface area contributed by atoms with Crippen molar-refractivity contribution in [3.8, 4) is 5.75 Å². The molecule has 0 saturated heterocycles. The molecule has 0 aliphatic carbocycles. The molecule has 0 aliphatic rings. The monoisotopic (exact) mass is 506 g/mol. The van der Waals surface area contributed by atoms with E-state index in [1.807, 2.05) is 30.3 Å². The minimum Gasteiger partial charge on any atom is -0.497 e. The Morgan fingerprint density at radius 2 is 1.80 bits per heavy atom. The molecular weight excluding hydrogens is 472 g/mol. The number of rotatable bonds is 12. The number of aliphatic hydroxyl groups excluding tert-OH is 1. The fraction of sp³-hybridized carbons (Fsp3) is 0.458. The van der Waals surface area contributed by atoms with Gasteiger partial charge in [0.2, 0.25) is 15.9 Å². The van der Waals surface area contributed by atoms with Gasteiger partial charge < -0.3 is 20.1 Å². The van der Waals surface area contributed by atoms with E-state index in [0.717, 1.165) is 9.87 Å². The van der Waals surface area contributed by atoms with Gasteiger partial charge in [-0.15, -0.1) is 0 Å². The molecule has 0 radical (unpaired) electrons. The summed E-state index contributed by atoms with van der Waals surface area (Å²) in [5, 5.41) is 13.1. The summed E-state index contributed by atoms with van der Waals surface area (Å²) in [4.78, 5) is 30.6. The lowest BCUT2D eigenvalue weighted by molar-refractivity contribution is -0.129. The molecule has 2 rings (SSSR count). The third-order valence-corrected chi connectivity index (χ3v) is 7.63. The number of hydrogen-bond acceptors (Lipinski definition) is 7. The maximum absolute atomic E-state index is 13.0. The lowest BCUT2D eigenvalue weighted by Crippen LogP contribution is -2.53. The number of benzene rings is 1. The Balaban J connectivity index is 2.33. The van der Waals surface area contributed by atoms with Crippen LogP contribution in [-0.2, 0) is 21.2 Å². The zero-order valence-corrected chi connectivity index (χ0v) is 21.5. The first-order valence-corrected chi connectivity index (χ1v) is 12.7. The number of aromatic nitrogens is 1.